The largest absolute Gasteiger partial charge is 0.304 e. The zero-order valence-electron chi connectivity index (χ0n) is 22.4. The third-order valence-corrected chi connectivity index (χ3v) is 7.54. The molecule has 1 saturated heterocycles. The number of likely N-dealkylation sites (tertiary alicyclic amines) is 1. The molecule has 3 heterocycles. The summed E-state index contributed by atoms with van der Waals surface area (Å²) >= 11 is 0. The molecular weight excluding hydrogens is 490 g/mol. The van der Waals surface area contributed by atoms with Gasteiger partial charge in [-0.15, -0.1) is 0 Å². The standard InChI is InChI=1S/C33H32F2N4/c1-4-28-29(19-32(38-33(28)37-5-2)30-18-27(34)11-12-31(30)35)26-17-25(20-36-21-26)23-9-7-22(8-10-23)24-13-15-39(6-3)16-14-24/h4-5,7-12,17-21,24H,2,6,13-16H2,1,3H3/b28-4-,37-33?. The lowest BCUT2D eigenvalue weighted by atomic mass is 9.88. The van der Waals surface area contributed by atoms with Crippen LogP contribution in [0.15, 0.2) is 101 Å². The molecule has 39 heavy (non-hydrogen) atoms. The van der Waals surface area contributed by atoms with E-state index in [1.807, 2.05) is 19.2 Å². The summed E-state index contributed by atoms with van der Waals surface area (Å²) in [6.45, 7) is 11.2. The summed E-state index contributed by atoms with van der Waals surface area (Å²) in [5, 5.41) is 0. The number of piperidine rings is 1. The van der Waals surface area contributed by atoms with E-state index < -0.39 is 11.6 Å². The van der Waals surface area contributed by atoms with Gasteiger partial charge in [-0.05, 0) is 92.4 Å². The monoisotopic (exact) mass is 522 g/mol. The molecule has 2 aliphatic rings. The lowest BCUT2D eigenvalue weighted by Gasteiger charge is -2.31. The summed E-state index contributed by atoms with van der Waals surface area (Å²) in [6.07, 6.45) is 11.1. The number of hydrogen-bond acceptors (Lipinski definition) is 3. The predicted octanol–water partition coefficient (Wildman–Crippen LogP) is 7.60. The fraction of sp³-hybridized carbons (Fsp3) is 0.242. The Labute approximate surface area is 228 Å². The second-order valence-corrected chi connectivity index (χ2v) is 9.81. The van der Waals surface area contributed by atoms with Gasteiger partial charge in [0.15, 0.2) is 5.84 Å². The Morgan fingerprint density at radius 1 is 1.00 bits per heavy atom. The summed E-state index contributed by atoms with van der Waals surface area (Å²) in [7, 11) is 0. The molecule has 4 nitrogen and oxygen atoms in total. The normalized spacial score (nSPS) is 18.8. The molecule has 0 bridgehead atoms. The van der Waals surface area contributed by atoms with Crippen LogP contribution in [0.4, 0.5) is 8.78 Å². The number of aliphatic imine (C=N–C) groups is 2. The summed E-state index contributed by atoms with van der Waals surface area (Å²) in [6, 6.07) is 14.2. The van der Waals surface area contributed by atoms with Gasteiger partial charge in [-0.1, -0.05) is 43.8 Å². The van der Waals surface area contributed by atoms with Crippen molar-refractivity contribution in [2.75, 3.05) is 19.6 Å². The molecule has 0 radical (unpaired) electrons. The molecule has 0 aliphatic carbocycles. The van der Waals surface area contributed by atoms with Crippen LogP contribution in [-0.2, 0) is 0 Å². The van der Waals surface area contributed by atoms with Crippen LogP contribution in [0.5, 0.6) is 0 Å². The molecule has 0 atom stereocenters. The van der Waals surface area contributed by atoms with Crippen molar-refractivity contribution in [1.82, 2.24) is 9.88 Å². The molecular formula is C33H32F2N4. The molecule has 0 unspecified atom stereocenters. The predicted molar refractivity (Wildman–Crippen MR) is 156 cm³/mol. The highest BCUT2D eigenvalue weighted by Crippen LogP contribution is 2.33. The zero-order chi connectivity index (χ0) is 27.4. The number of halogens is 2. The maximum absolute atomic E-state index is 14.7. The third kappa shape index (κ3) is 5.71. The number of nitrogens with zero attached hydrogens (tertiary/aromatic N) is 4. The van der Waals surface area contributed by atoms with Crippen molar-refractivity contribution in [3.8, 4) is 11.1 Å². The first-order chi connectivity index (χ1) is 19.0. The molecule has 6 heteroatoms. The van der Waals surface area contributed by atoms with E-state index in [4.69, 9.17) is 0 Å². The van der Waals surface area contributed by atoms with E-state index in [9.17, 15) is 8.78 Å². The van der Waals surface area contributed by atoms with Gasteiger partial charge < -0.3 is 4.90 Å². The number of allylic oxidation sites excluding steroid dienone is 2. The number of benzene rings is 2. The summed E-state index contributed by atoms with van der Waals surface area (Å²) in [5.41, 5.74) is 6.16. The van der Waals surface area contributed by atoms with Crippen LogP contribution in [-0.4, -0.2) is 41.1 Å². The van der Waals surface area contributed by atoms with Crippen molar-refractivity contribution in [3.63, 3.8) is 0 Å². The molecule has 198 valence electrons. The van der Waals surface area contributed by atoms with Crippen LogP contribution in [0.25, 0.3) is 16.7 Å². The maximum Gasteiger partial charge on any atom is 0.160 e. The molecule has 0 N–H and O–H groups in total. The first-order valence-electron chi connectivity index (χ1n) is 13.4. The highest BCUT2D eigenvalue weighted by Gasteiger charge is 2.23. The second-order valence-electron chi connectivity index (χ2n) is 9.81. The van der Waals surface area contributed by atoms with Crippen LogP contribution in [0.3, 0.4) is 0 Å². The van der Waals surface area contributed by atoms with Gasteiger partial charge in [0.25, 0.3) is 0 Å². The third-order valence-electron chi connectivity index (χ3n) is 7.54. The van der Waals surface area contributed by atoms with Crippen molar-refractivity contribution in [1.29, 1.82) is 0 Å². The first-order valence-corrected chi connectivity index (χ1v) is 13.4. The van der Waals surface area contributed by atoms with Gasteiger partial charge in [-0.2, -0.15) is 0 Å². The van der Waals surface area contributed by atoms with E-state index in [2.05, 4.69) is 63.7 Å². The molecule has 5 rings (SSSR count). The Morgan fingerprint density at radius 3 is 2.44 bits per heavy atom. The Morgan fingerprint density at radius 2 is 1.74 bits per heavy atom. The van der Waals surface area contributed by atoms with Crippen molar-refractivity contribution in [2.24, 2.45) is 9.98 Å². The van der Waals surface area contributed by atoms with E-state index in [-0.39, 0.29) is 11.3 Å². The number of pyridine rings is 1. The van der Waals surface area contributed by atoms with E-state index in [0.29, 0.717) is 11.8 Å². The number of hydrogen-bond donors (Lipinski definition) is 0. The van der Waals surface area contributed by atoms with Gasteiger partial charge in [-0.3, -0.25) is 4.98 Å². The summed E-state index contributed by atoms with van der Waals surface area (Å²) in [4.78, 5) is 15.9. The molecule has 1 aromatic heterocycles. The maximum atomic E-state index is 14.7. The second kappa shape index (κ2) is 11.8. The van der Waals surface area contributed by atoms with Crippen molar-refractivity contribution < 1.29 is 8.78 Å². The minimum absolute atomic E-state index is 0.0730. The van der Waals surface area contributed by atoms with Crippen LogP contribution in [0, 0.1) is 11.6 Å². The van der Waals surface area contributed by atoms with E-state index in [1.165, 1.54) is 24.6 Å². The van der Waals surface area contributed by atoms with Crippen molar-refractivity contribution in [3.05, 3.63) is 120 Å². The Hall–Kier alpha value is -4.03. The minimum atomic E-state index is -0.556. The van der Waals surface area contributed by atoms with Crippen LogP contribution in [0.1, 0.15) is 49.3 Å². The highest BCUT2D eigenvalue weighted by atomic mass is 19.1. The number of amidine groups is 1. The summed E-state index contributed by atoms with van der Waals surface area (Å²) < 4.78 is 28.7. The smallest absolute Gasteiger partial charge is 0.160 e. The van der Waals surface area contributed by atoms with E-state index in [1.54, 1.807) is 12.3 Å². The van der Waals surface area contributed by atoms with Gasteiger partial charge in [0, 0.05) is 40.9 Å². The molecule has 2 aliphatic heterocycles. The minimum Gasteiger partial charge on any atom is -0.304 e. The van der Waals surface area contributed by atoms with Crippen LogP contribution in [0.2, 0.25) is 0 Å². The number of dihydropyridines is 1. The fourth-order valence-corrected chi connectivity index (χ4v) is 5.36. The van der Waals surface area contributed by atoms with Gasteiger partial charge in [0.2, 0.25) is 0 Å². The quantitative estimate of drug-likeness (QED) is 0.334. The number of aromatic nitrogens is 1. The number of rotatable bonds is 6. The molecule has 2 aromatic carbocycles. The van der Waals surface area contributed by atoms with Gasteiger partial charge in [-0.25, -0.2) is 18.8 Å². The van der Waals surface area contributed by atoms with Crippen LogP contribution < -0.4 is 0 Å². The Bertz CT molecular complexity index is 1490. The van der Waals surface area contributed by atoms with Gasteiger partial charge in [0.05, 0.1) is 5.71 Å². The van der Waals surface area contributed by atoms with Crippen molar-refractivity contribution >= 4 is 17.1 Å². The molecule has 0 spiro atoms. The lowest BCUT2D eigenvalue weighted by Crippen LogP contribution is -2.32. The summed E-state index contributed by atoms with van der Waals surface area (Å²) in [5.74, 6) is -0.113. The zero-order valence-corrected chi connectivity index (χ0v) is 22.4. The molecule has 0 amide bonds. The first kappa shape index (κ1) is 26.6. The lowest BCUT2D eigenvalue weighted by molar-refractivity contribution is 0.222. The topological polar surface area (TPSA) is 40.9 Å². The SMILES string of the molecule is C=CN=C1N=C(c2cc(F)ccc2F)C=C(c2cncc(-c3ccc(C4CCN(CC)CC4)cc3)c2)/C1=C/C. The fourth-order valence-electron chi connectivity index (χ4n) is 5.36. The molecule has 0 saturated carbocycles. The van der Waals surface area contributed by atoms with E-state index in [0.717, 1.165) is 65.7 Å². The van der Waals surface area contributed by atoms with Crippen LogP contribution >= 0.6 is 0 Å². The average molecular weight is 523 g/mol. The Balaban J connectivity index is 1.49. The van der Waals surface area contributed by atoms with Gasteiger partial charge in [0.1, 0.15) is 11.6 Å². The van der Waals surface area contributed by atoms with E-state index >= 15 is 0 Å². The van der Waals surface area contributed by atoms with Crippen molar-refractivity contribution in [2.45, 2.75) is 32.6 Å². The Kier molecular flexibility index (Phi) is 8.03. The molecule has 3 aromatic rings. The highest BCUT2D eigenvalue weighted by molar-refractivity contribution is 6.28. The average Bonchev–Trinajstić information content (AvgIpc) is 2.98. The van der Waals surface area contributed by atoms with Gasteiger partial charge >= 0.3 is 0 Å². The molecule has 1 fully saturated rings.